The maximum Gasteiger partial charge on any atom is 0.255 e. The van der Waals surface area contributed by atoms with Crippen LogP contribution in [-0.2, 0) is 4.79 Å². The Labute approximate surface area is 115 Å². The normalized spacial score (nSPS) is 10.7. The van der Waals surface area contributed by atoms with Crippen LogP contribution in [0.2, 0.25) is 5.15 Å². The molecule has 0 saturated carbocycles. The molecule has 8 heteroatoms. The molecule has 0 fully saturated rings. The Morgan fingerprint density at radius 1 is 1.58 bits per heavy atom. The molecule has 1 amide bonds. The van der Waals surface area contributed by atoms with Gasteiger partial charge in [0.2, 0.25) is 5.91 Å². The molecular formula is C11H15ClN6O. The largest absolute Gasteiger partial charge is 0.359 e. The van der Waals surface area contributed by atoms with Crippen molar-refractivity contribution in [3.8, 4) is 0 Å². The molecule has 0 spiro atoms. The number of carbonyl (C=O) groups is 1. The predicted molar refractivity (Wildman–Crippen MR) is 72.5 cm³/mol. The lowest BCUT2D eigenvalue weighted by Gasteiger charge is -2.21. The van der Waals surface area contributed by atoms with Crippen LogP contribution < -0.4 is 10.2 Å². The number of carbonyl (C=O) groups excluding carboxylic acids is 1. The standard InChI is InChI=1S/C11H15ClN6O/c1-7-9(12)16-11-14-6-15-18(11)10(7)17(3)5-4-8(19)13-2/h6H,4-5H2,1-3H3,(H,13,19). The molecule has 2 heterocycles. The zero-order valence-corrected chi connectivity index (χ0v) is 11.8. The fourth-order valence-electron chi connectivity index (χ4n) is 1.83. The third-order valence-corrected chi connectivity index (χ3v) is 3.26. The van der Waals surface area contributed by atoms with Crippen LogP contribution in [-0.4, -0.2) is 46.1 Å². The second-order valence-electron chi connectivity index (χ2n) is 4.17. The highest BCUT2D eigenvalue weighted by atomic mass is 35.5. The molecule has 0 saturated heterocycles. The fraction of sp³-hybridized carbons (Fsp3) is 0.455. The maximum atomic E-state index is 11.3. The van der Waals surface area contributed by atoms with Crippen molar-refractivity contribution in [3.63, 3.8) is 0 Å². The van der Waals surface area contributed by atoms with E-state index in [1.165, 1.54) is 6.33 Å². The van der Waals surface area contributed by atoms with E-state index in [-0.39, 0.29) is 5.91 Å². The van der Waals surface area contributed by atoms with E-state index < -0.39 is 0 Å². The number of nitrogens with zero attached hydrogens (tertiary/aromatic N) is 5. The first kappa shape index (κ1) is 13.5. The van der Waals surface area contributed by atoms with Gasteiger partial charge in [-0.3, -0.25) is 4.79 Å². The van der Waals surface area contributed by atoms with Gasteiger partial charge in [-0.25, -0.2) is 0 Å². The number of amides is 1. The molecule has 0 aromatic carbocycles. The van der Waals surface area contributed by atoms with Gasteiger partial charge in [0.15, 0.2) is 0 Å². The number of anilines is 1. The van der Waals surface area contributed by atoms with Crippen molar-refractivity contribution >= 4 is 29.1 Å². The quantitative estimate of drug-likeness (QED) is 0.834. The minimum atomic E-state index is -0.0144. The fourth-order valence-corrected chi connectivity index (χ4v) is 1.99. The van der Waals surface area contributed by atoms with E-state index in [1.807, 2.05) is 18.9 Å². The monoisotopic (exact) mass is 282 g/mol. The number of nitrogens with one attached hydrogen (secondary N) is 1. The van der Waals surface area contributed by atoms with Gasteiger partial charge >= 0.3 is 0 Å². The highest BCUT2D eigenvalue weighted by Gasteiger charge is 2.16. The molecule has 102 valence electrons. The summed E-state index contributed by atoms with van der Waals surface area (Å²) in [6, 6.07) is 0. The van der Waals surface area contributed by atoms with Crippen LogP contribution >= 0.6 is 11.6 Å². The van der Waals surface area contributed by atoms with Gasteiger partial charge in [0, 0.05) is 32.6 Å². The average molecular weight is 283 g/mol. The summed E-state index contributed by atoms with van der Waals surface area (Å²) in [5, 5.41) is 7.11. The molecule has 7 nitrogen and oxygen atoms in total. The summed E-state index contributed by atoms with van der Waals surface area (Å²) in [4.78, 5) is 21.4. The minimum Gasteiger partial charge on any atom is -0.359 e. The van der Waals surface area contributed by atoms with Gasteiger partial charge in [-0.2, -0.15) is 19.6 Å². The summed E-state index contributed by atoms with van der Waals surface area (Å²) in [6.45, 7) is 2.41. The van der Waals surface area contributed by atoms with Crippen molar-refractivity contribution in [3.05, 3.63) is 17.0 Å². The Kier molecular flexibility index (Phi) is 3.84. The molecule has 2 aromatic rings. The first-order valence-electron chi connectivity index (χ1n) is 5.82. The molecule has 1 N–H and O–H groups in total. The maximum absolute atomic E-state index is 11.3. The van der Waals surface area contributed by atoms with Gasteiger partial charge in [0.05, 0.1) is 0 Å². The summed E-state index contributed by atoms with van der Waals surface area (Å²) >= 11 is 6.09. The molecule has 2 rings (SSSR count). The molecule has 0 aliphatic rings. The van der Waals surface area contributed by atoms with E-state index in [0.29, 0.717) is 23.9 Å². The molecule has 0 unspecified atom stereocenters. The zero-order valence-electron chi connectivity index (χ0n) is 11.0. The highest BCUT2D eigenvalue weighted by Crippen LogP contribution is 2.24. The zero-order chi connectivity index (χ0) is 14.0. The number of halogens is 1. The molecule has 0 atom stereocenters. The number of hydrogen-bond donors (Lipinski definition) is 1. The number of aromatic nitrogens is 4. The topological polar surface area (TPSA) is 75.4 Å². The van der Waals surface area contributed by atoms with Crippen LogP contribution in [0.1, 0.15) is 12.0 Å². The first-order valence-corrected chi connectivity index (χ1v) is 6.20. The number of rotatable bonds is 4. The first-order chi connectivity index (χ1) is 9.04. The lowest BCUT2D eigenvalue weighted by molar-refractivity contribution is -0.120. The van der Waals surface area contributed by atoms with Crippen LogP contribution in [0.3, 0.4) is 0 Å². The van der Waals surface area contributed by atoms with Gasteiger partial charge < -0.3 is 10.2 Å². The summed E-state index contributed by atoms with van der Waals surface area (Å²) in [5.74, 6) is 1.22. The third kappa shape index (κ3) is 2.60. The van der Waals surface area contributed by atoms with E-state index in [9.17, 15) is 4.79 Å². The van der Waals surface area contributed by atoms with Crippen LogP contribution in [0.4, 0.5) is 5.82 Å². The second kappa shape index (κ2) is 5.40. The van der Waals surface area contributed by atoms with E-state index in [0.717, 1.165) is 11.4 Å². The van der Waals surface area contributed by atoms with Gasteiger partial charge in [-0.15, -0.1) is 0 Å². The van der Waals surface area contributed by atoms with Crippen molar-refractivity contribution in [2.45, 2.75) is 13.3 Å². The Bertz CT molecular complexity index is 610. The molecule has 0 radical (unpaired) electrons. The van der Waals surface area contributed by atoms with Crippen LogP contribution in [0.15, 0.2) is 6.33 Å². The molecule has 2 aromatic heterocycles. The molecule has 0 aliphatic heterocycles. The Balaban J connectivity index is 2.35. The lowest BCUT2D eigenvalue weighted by atomic mass is 10.3. The Morgan fingerprint density at radius 3 is 3.00 bits per heavy atom. The molecule has 19 heavy (non-hydrogen) atoms. The van der Waals surface area contributed by atoms with Gasteiger partial charge in [0.25, 0.3) is 5.78 Å². The highest BCUT2D eigenvalue weighted by molar-refractivity contribution is 6.30. The van der Waals surface area contributed by atoms with E-state index in [2.05, 4.69) is 20.4 Å². The van der Waals surface area contributed by atoms with Crippen molar-refractivity contribution in [2.24, 2.45) is 0 Å². The van der Waals surface area contributed by atoms with Crippen LogP contribution in [0.25, 0.3) is 5.78 Å². The van der Waals surface area contributed by atoms with Crippen molar-refractivity contribution < 1.29 is 4.79 Å². The number of hydrogen-bond acceptors (Lipinski definition) is 5. The van der Waals surface area contributed by atoms with Gasteiger partial charge in [-0.1, -0.05) is 11.6 Å². The summed E-state index contributed by atoms with van der Waals surface area (Å²) in [7, 11) is 3.50. The van der Waals surface area contributed by atoms with Crippen molar-refractivity contribution in [1.29, 1.82) is 0 Å². The third-order valence-electron chi connectivity index (χ3n) is 2.89. The smallest absolute Gasteiger partial charge is 0.255 e. The van der Waals surface area contributed by atoms with E-state index in [1.54, 1.807) is 11.6 Å². The van der Waals surface area contributed by atoms with E-state index in [4.69, 9.17) is 11.6 Å². The van der Waals surface area contributed by atoms with Crippen LogP contribution in [0, 0.1) is 6.92 Å². The SMILES string of the molecule is CNC(=O)CCN(C)c1c(C)c(Cl)nc2ncnn12. The molecule has 0 aliphatic carbocycles. The Morgan fingerprint density at radius 2 is 2.32 bits per heavy atom. The predicted octanol–water partition coefficient (Wildman–Crippen LogP) is 0.658. The van der Waals surface area contributed by atoms with E-state index >= 15 is 0 Å². The van der Waals surface area contributed by atoms with Crippen molar-refractivity contribution in [1.82, 2.24) is 24.9 Å². The summed E-state index contributed by atoms with van der Waals surface area (Å²) in [5.41, 5.74) is 0.805. The van der Waals surface area contributed by atoms with Gasteiger partial charge in [0.1, 0.15) is 17.3 Å². The van der Waals surface area contributed by atoms with Gasteiger partial charge in [-0.05, 0) is 6.92 Å². The minimum absolute atomic E-state index is 0.0144. The number of fused-ring (bicyclic) bond motifs is 1. The lowest BCUT2D eigenvalue weighted by Crippen LogP contribution is -2.28. The van der Waals surface area contributed by atoms with Crippen molar-refractivity contribution in [2.75, 3.05) is 25.5 Å². The second-order valence-corrected chi connectivity index (χ2v) is 4.53. The summed E-state index contributed by atoms with van der Waals surface area (Å²) in [6.07, 6.45) is 1.82. The average Bonchev–Trinajstić information content (AvgIpc) is 2.84. The summed E-state index contributed by atoms with van der Waals surface area (Å²) < 4.78 is 1.62. The van der Waals surface area contributed by atoms with Crippen LogP contribution in [0.5, 0.6) is 0 Å². The molecular weight excluding hydrogens is 268 g/mol. The Hall–Kier alpha value is -1.89. The molecule has 0 bridgehead atoms.